The average molecular weight is 222 g/mol. The number of allylic oxidation sites excluding steroid dienone is 1. The van der Waals surface area contributed by atoms with Gasteiger partial charge in [-0.15, -0.1) is 5.10 Å². The van der Waals surface area contributed by atoms with E-state index in [1.165, 1.54) is 0 Å². The molecule has 5 heteroatoms. The van der Waals surface area contributed by atoms with E-state index in [-0.39, 0.29) is 17.6 Å². The van der Waals surface area contributed by atoms with Crippen LogP contribution in [0.25, 0.3) is 0 Å². The van der Waals surface area contributed by atoms with Gasteiger partial charge in [-0.2, -0.15) is 0 Å². The van der Waals surface area contributed by atoms with E-state index < -0.39 is 0 Å². The summed E-state index contributed by atoms with van der Waals surface area (Å²) in [7, 11) is 0. The van der Waals surface area contributed by atoms with Crippen LogP contribution in [-0.2, 0) is 0 Å². The zero-order valence-electron chi connectivity index (χ0n) is 10.2. The Morgan fingerprint density at radius 1 is 1.50 bits per heavy atom. The highest BCUT2D eigenvalue weighted by atomic mass is 16.2. The summed E-state index contributed by atoms with van der Waals surface area (Å²) in [4.78, 5) is 15.7. The highest BCUT2D eigenvalue weighted by molar-refractivity contribution is 5.90. The van der Waals surface area contributed by atoms with Gasteiger partial charge in [0.05, 0.1) is 0 Å². The molecule has 0 aliphatic carbocycles. The molecule has 1 rings (SSSR count). The molecule has 0 unspecified atom stereocenters. The van der Waals surface area contributed by atoms with Crippen LogP contribution in [0.5, 0.6) is 0 Å². The highest BCUT2D eigenvalue weighted by Gasteiger charge is 2.12. The second-order valence-corrected chi connectivity index (χ2v) is 4.19. The van der Waals surface area contributed by atoms with Gasteiger partial charge < -0.3 is 5.32 Å². The van der Waals surface area contributed by atoms with Crippen molar-refractivity contribution in [3.8, 4) is 0 Å². The minimum absolute atomic E-state index is 0.200. The summed E-state index contributed by atoms with van der Waals surface area (Å²) in [6.07, 6.45) is 1.94. The molecule has 0 saturated carbocycles. The second kappa shape index (κ2) is 5.44. The third kappa shape index (κ3) is 3.49. The molecule has 5 nitrogen and oxygen atoms in total. The number of nitrogens with zero attached hydrogens (tertiary/aromatic N) is 2. The standard InChI is InChI=1S/C11H18N4O/c1-7(2)5-6-12-11(16)10-13-9(8(3)4)14-15-10/h5,8H,6H2,1-4H3,(H,12,16)(H,13,14,15). The van der Waals surface area contributed by atoms with Crippen molar-refractivity contribution in [2.45, 2.75) is 33.6 Å². The number of hydrogen-bond acceptors (Lipinski definition) is 3. The number of carbonyl (C=O) groups excluding carboxylic acids is 1. The summed E-state index contributed by atoms with van der Waals surface area (Å²) in [5, 5.41) is 9.34. The van der Waals surface area contributed by atoms with Gasteiger partial charge in [0.15, 0.2) is 0 Å². The molecule has 16 heavy (non-hydrogen) atoms. The number of nitrogens with one attached hydrogen (secondary N) is 2. The molecule has 1 aromatic rings. The van der Waals surface area contributed by atoms with Gasteiger partial charge in [-0.3, -0.25) is 9.89 Å². The Kier molecular flexibility index (Phi) is 4.22. The van der Waals surface area contributed by atoms with Crippen molar-refractivity contribution in [1.82, 2.24) is 20.5 Å². The first-order valence-electron chi connectivity index (χ1n) is 5.34. The lowest BCUT2D eigenvalue weighted by Gasteiger charge is -1.98. The molecule has 0 saturated heterocycles. The van der Waals surface area contributed by atoms with Gasteiger partial charge in [0, 0.05) is 12.5 Å². The predicted molar refractivity (Wildman–Crippen MR) is 62.2 cm³/mol. The van der Waals surface area contributed by atoms with Gasteiger partial charge in [-0.05, 0) is 13.8 Å². The molecule has 0 bridgehead atoms. The molecule has 1 heterocycles. The van der Waals surface area contributed by atoms with Crippen molar-refractivity contribution < 1.29 is 4.79 Å². The highest BCUT2D eigenvalue weighted by Crippen LogP contribution is 2.07. The fourth-order valence-electron chi connectivity index (χ4n) is 1.06. The first kappa shape index (κ1) is 12.4. The molecule has 0 aliphatic rings. The first-order chi connectivity index (χ1) is 7.50. The number of hydrogen-bond donors (Lipinski definition) is 2. The topological polar surface area (TPSA) is 70.7 Å². The SMILES string of the molecule is CC(C)=CCNC(=O)c1n[nH]c(C(C)C)n1. The summed E-state index contributed by atoms with van der Waals surface area (Å²) in [5.74, 6) is 0.922. The molecular weight excluding hydrogens is 204 g/mol. The largest absolute Gasteiger partial charge is 0.346 e. The van der Waals surface area contributed by atoms with Crippen molar-refractivity contribution in [2.75, 3.05) is 6.54 Å². The molecule has 1 amide bonds. The average Bonchev–Trinajstić information content (AvgIpc) is 2.65. The number of H-pyrrole nitrogens is 1. The molecule has 1 aromatic heterocycles. The van der Waals surface area contributed by atoms with E-state index >= 15 is 0 Å². The van der Waals surface area contributed by atoms with Crippen molar-refractivity contribution in [3.05, 3.63) is 23.3 Å². The maximum atomic E-state index is 11.6. The number of carbonyl (C=O) groups is 1. The van der Waals surface area contributed by atoms with Crippen LogP contribution in [0.1, 0.15) is 50.1 Å². The summed E-state index contributed by atoms with van der Waals surface area (Å²) in [6.45, 7) is 8.45. The Morgan fingerprint density at radius 3 is 2.69 bits per heavy atom. The molecule has 88 valence electrons. The van der Waals surface area contributed by atoms with E-state index in [2.05, 4.69) is 20.5 Å². The normalized spacial score (nSPS) is 10.3. The van der Waals surface area contributed by atoms with Crippen molar-refractivity contribution >= 4 is 5.91 Å². The first-order valence-corrected chi connectivity index (χ1v) is 5.34. The number of rotatable bonds is 4. The molecule has 2 N–H and O–H groups in total. The van der Waals surface area contributed by atoms with E-state index in [0.717, 1.165) is 11.4 Å². The van der Waals surface area contributed by atoms with Gasteiger partial charge in [-0.25, -0.2) is 4.98 Å². The smallest absolute Gasteiger partial charge is 0.291 e. The summed E-state index contributed by atoms with van der Waals surface area (Å²) < 4.78 is 0. The van der Waals surface area contributed by atoms with Crippen LogP contribution in [-0.4, -0.2) is 27.6 Å². The van der Waals surface area contributed by atoms with Crippen molar-refractivity contribution in [2.24, 2.45) is 0 Å². The summed E-state index contributed by atoms with van der Waals surface area (Å²) >= 11 is 0. The third-order valence-corrected chi connectivity index (χ3v) is 2.03. The Hall–Kier alpha value is -1.65. The Labute approximate surface area is 95.4 Å². The molecular formula is C11H18N4O. The van der Waals surface area contributed by atoms with Crippen LogP contribution < -0.4 is 5.32 Å². The lowest BCUT2D eigenvalue weighted by molar-refractivity contribution is 0.0948. The van der Waals surface area contributed by atoms with E-state index in [1.54, 1.807) is 0 Å². The zero-order chi connectivity index (χ0) is 12.1. The third-order valence-electron chi connectivity index (χ3n) is 2.03. The lowest BCUT2D eigenvalue weighted by Crippen LogP contribution is -2.24. The zero-order valence-corrected chi connectivity index (χ0v) is 10.2. The molecule has 0 aliphatic heterocycles. The number of aromatic nitrogens is 3. The molecule has 0 radical (unpaired) electrons. The minimum atomic E-state index is -0.249. The maximum absolute atomic E-state index is 11.6. The van der Waals surface area contributed by atoms with Crippen LogP contribution in [0.3, 0.4) is 0 Å². The van der Waals surface area contributed by atoms with Gasteiger partial charge in [0.1, 0.15) is 5.82 Å². The number of aromatic amines is 1. The van der Waals surface area contributed by atoms with E-state index in [9.17, 15) is 4.79 Å². The maximum Gasteiger partial charge on any atom is 0.291 e. The van der Waals surface area contributed by atoms with Crippen LogP contribution in [0.2, 0.25) is 0 Å². The van der Waals surface area contributed by atoms with Gasteiger partial charge in [0.2, 0.25) is 5.82 Å². The van der Waals surface area contributed by atoms with Crippen molar-refractivity contribution in [1.29, 1.82) is 0 Å². The minimum Gasteiger partial charge on any atom is -0.346 e. The number of amides is 1. The van der Waals surface area contributed by atoms with Crippen LogP contribution in [0.15, 0.2) is 11.6 Å². The van der Waals surface area contributed by atoms with Crippen LogP contribution in [0, 0.1) is 0 Å². The Bertz CT molecular complexity index is 388. The molecule has 0 fully saturated rings. The fraction of sp³-hybridized carbons (Fsp3) is 0.545. The molecule has 0 aromatic carbocycles. The fourth-order valence-corrected chi connectivity index (χ4v) is 1.06. The van der Waals surface area contributed by atoms with Gasteiger partial charge in [-0.1, -0.05) is 25.5 Å². The predicted octanol–water partition coefficient (Wildman–Crippen LogP) is 1.62. The van der Waals surface area contributed by atoms with Gasteiger partial charge in [0.25, 0.3) is 5.91 Å². The Balaban J connectivity index is 2.56. The quantitative estimate of drug-likeness (QED) is 0.760. The summed E-state index contributed by atoms with van der Waals surface area (Å²) in [5.41, 5.74) is 1.16. The van der Waals surface area contributed by atoms with E-state index in [1.807, 2.05) is 33.8 Å². The molecule has 0 atom stereocenters. The van der Waals surface area contributed by atoms with E-state index in [4.69, 9.17) is 0 Å². The van der Waals surface area contributed by atoms with E-state index in [0.29, 0.717) is 6.54 Å². The van der Waals surface area contributed by atoms with Gasteiger partial charge >= 0.3 is 0 Å². The summed E-state index contributed by atoms with van der Waals surface area (Å²) in [6, 6.07) is 0. The van der Waals surface area contributed by atoms with Crippen molar-refractivity contribution in [3.63, 3.8) is 0 Å². The second-order valence-electron chi connectivity index (χ2n) is 4.19. The monoisotopic (exact) mass is 222 g/mol. The Morgan fingerprint density at radius 2 is 2.19 bits per heavy atom. The lowest BCUT2D eigenvalue weighted by atomic mass is 10.2. The van der Waals surface area contributed by atoms with Crippen LogP contribution in [0.4, 0.5) is 0 Å². The molecule has 0 spiro atoms. The van der Waals surface area contributed by atoms with Crippen LogP contribution >= 0.6 is 0 Å².